The number of methoxy groups -OCH3 is 1. The van der Waals surface area contributed by atoms with Gasteiger partial charge in [-0.3, -0.25) is 0 Å². The van der Waals surface area contributed by atoms with Gasteiger partial charge in [0.25, 0.3) is 0 Å². The van der Waals surface area contributed by atoms with Crippen LogP contribution in [0.5, 0.6) is 5.75 Å². The Kier molecular flexibility index (Phi) is 3.59. The molecule has 0 saturated heterocycles. The molecule has 0 amide bonds. The van der Waals surface area contributed by atoms with E-state index in [1.165, 1.54) is 5.56 Å². The van der Waals surface area contributed by atoms with Gasteiger partial charge in [0, 0.05) is 15.8 Å². The van der Waals surface area contributed by atoms with E-state index in [0.717, 1.165) is 33.7 Å². The van der Waals surface area contributed by atoms with Crippen LogP contribution < -0.4 is 4.74 Å². The van der Waals surface area contributed by atoms with Crippen molar-refractivity contribution in [3.8, 4) is 5.75 Å². The van der Waals surface area contributed by atoms with Crippen molar-refractivity contribution in [1.29, 1.82) is 0 Å². The molecule has 1 aliphatic rings. The number of benzene rings is 1. The molecule has 0 aromatic heterocycles. The van der Waals surface area contributed by atoms with Crippen molar-refractivity contribution in [1.82, 2.24) is 0 Å². The molecule has 1 atom stereocenters. The molecule has 1 N–H and O–H groups in total. The zero-order chi connectivity index (χ0) is 10.8. The molecule has 0 spiro atoms. The highest BCUT2D eigenvalue weighted by Gasteiger charge is 2.22. The minimum absolute atomic E-state index is 0.401. The second-order valence-electron chi connectivity index (χ2n) is 3.50. The van der Waals surface area contributed by atoms with Crippen molar-refractivity contribution in [2.45, 2.75) is 18.3 Å². The van der Waals surface area contributed by atoms with Gasteiger partial charge in [0.1, 0.15) is 5.75 Å². The summed E-state index contributed by atoms with van der Waals surface area (Å²) in [4.78, 5) is 0. The summed E-state index contributed by atoms with van der Waals surface area (Å²) < 4.78 is 6.37. The molecule has 15 heavy (non-hydrogen) atoms. The normalized spacial score (nSPS) is 20.6. The SMILES string of the molecule is COc1ccc(Br)c2c1[C@@H](O)CCSC2. The molecule has 1 aromatic carbocycles. The van der Waals surface area contributed by atoms with Crippen molar-refractivity contribution in [3.63, 3.8) is 0 Å². The standard InChI is InChI=1S/C11H13BrO2S/c1-14-10-3-2-8(12)7-6-15-5-4-9(13)11(7)10/h2-3,9,13H,4-6H2,1H3/t9-/m0/s1. The largest absolute Gasteiger partial charge is 0.496 e. The predicted octanol–water partition coefficient (Wildman–Crippen LogP) is 3.13. The van der Waals surface area contributed by atoms with Gasteiger partial charge in [0.2, 0.25) is 0 Å². The average Bonchev–Trinajstić information content (AvgIpc) is 2.43. The molecule has 0 radical (unpaired) electrons. The first-order chi connectivity index (χ1) is 7.24. The van der Waals surface area contributed by atoms with E-state index in [1.54, 1.807) is 7.11 Å². The number of fused-ring (bicyclic) bond motifs is 1. The van der Waals surface area contributed by atoms with E-state index in [0.29, 0.717) is 0 Å². The molecule has 0 aliphatic carbocycles. The second-order valence-corrected chi connectivity index (χ2v) is 5.46. The van der Waals surface area contributed by atoms with Crippen molar-refractivity contribution >= 4 is 27.7 Å². The maximum absolute atomic E-state index is 10.1. The number of halogens is 1. The Morgan fingerprint density at radius 2 is 2.33 bits per heavy atom. The highest BCUT2D eigenvalue weighted by Crippen LogP contribution is 2.40. The summed E-state index contributed by atoms with van der Waals surface area (Å²) in [6.07, 6.45) is 0.396. The van der Waals surface area contributed by atoms with Crippen molar-refractivity contribution in [2.75, 3.05) is 12.9 Å². The predicted molar refractivity (Wildman–Crippen MR) is 66.4 cm³/mol. The van der Waals surface area contributed by atoms with E-state index < -0.39 is 6.10 Å². The third kappa shape index (κ3) is 2.17. The second kappa shape index (κ2) is 4.76. The zero-order valence-electron chi connectivity index (χ0n) is 8.50. The van der Waals surface area contributed by atoms with E-state index in [2.05, 4.69) is 15.9 Å². The molecule has 2 rings (SSSR count). The molecule has 82 valence electrons. The van der Waals surface area contributed by atoms with Crippen molar-refractivity contribution in [3.05, 3.63) is 27.7 Å². The molecular formula is C11H13BrO2S. The van der Waals surface area contributed by atoms with Gasteiger partial charge in [-0.2, -0.15) is 11.8 Å². The van der Waals surface area contributed by atoms with Gasteiger partial charge in [-0.1, -0.05) is 15.9 Å². The van der Waals surface area contributed by atoms with Gasteiger partial charge in [-0.25, -0.2) is 0 Å². The average molecular weight is 289 g/mol. The summed E-state index contributed by atoms with van der Waals surface area (Å²) >= 11 is 5.38. The van der Waals surface area contributed by atoms with E-state index in [1.807, 2.05) is 23.9 Å². The summed E-state index contributed by atoms with van der Waals surface area (Å²) in [5.41, 5.74) is 2.13. The lowest BCUT2D eigenvalue weighted by Gasteiger charge is -2.16. The monoisotopic (exact) mass is 288 g/mol. The van der Waals surface area contributed by atoms with E-state index in [9.17, 15) is 5.11 Å². The van der Waals surface area contributed by atoms with Crippen LogP contribution in [0.3, 0.4) is 0 Å². The Morgan fingerprint density at radius 3 is 3.07 bits per heavy atom. The van der Waals surface area contributed by atoms with Crippen LogP contribution in [0.25, 0.3) is 0 Å². The number of rotatable bonds is 1. The Balaban J connectivity index is 2.56. The zero-order valence-corrected chi connectivity index (χ0v) is 10.9. The number of ether oxygens (including phenoxy) is 1. The van der Waals surface area contributed by atoms with Gasteiger partial charge in [-0.15, -0.1) is 0 Å². The first-order valence-corrected chi connectivity index (χ1v) is 6.80. The van der Waals surface area contributed by atoms with E-state index in [4.69, 9.17) is 4.74 Å². The molecule has 0 bridgehead atoms. The summed E-state index contributed by atoms with van der Waals surface area (Å²) in [5.74, 6) is 2.72. The van der Waals surface area contributed by atoms with Crippen LogP contribution in [0.2, 0.25) is 0 Å². The number of aliphatic hydroxyl groups excluding tert-OH is 1. The van der Waals surface area contributed by atoms with Crippen molar-refractivity contribution in [2.24, 2.45) is 0 Å². The molecule has 0 unspecified atom stereocenters. The molecule has 0 saturated carbocycles. The van der Waals surface area contributed by atoms with Crippen LogP contribution in [0.1, 0.15) is 23.7 Å². The Morgan fingerprint density at radius 1 is 1.53 bits per heavy atom. The summed E-state index contributed by atoms with van der Waals surface area (Å²) in [5, 5.41) is 10.1. The Bertz CT molecular complexity index is 368. The molecule has 1 aromatic rings. The van der Waals surface area contributed by atoms with Gasteiger partial charge in [-0.05, 0) is 29.9 Å². The van der Waals surface area contributed by atoms with Crippen LogP contribution in [-0.4, -0.2) is 18.0 Å². The lowest BCUT2D eigenvalue weighted by atomic mass is 10.0. The lowest BCUT2D eigenvalue weighted by Crippen LogP contribution is -2.03. The highest BCUT2D eigenvalue weighted by molar-refractivity contribution is 9.10. The number of hydrogen-bond donors (Lipinski definition) is 1. The maximum Gasteiger partial charge on any atom is 0.125 e. The highest BCUT2D eigenvalue weighted by atomic mass is 79.9. The van der Waals surface area contributed by atoms with Crippen LogP contribution in [0.15, 0.2) is 16.6 Å². The van der Waals surface area contributed by atoms with Crippen molar-refractivity contribution < 1.29 is 9.84 Å². The number of thioether (sulfide) groups is 1. The van der Waals surface area contributed by atoms with Crippen LogP contribution in [0.4, 0.5) is 0 Å². The quantitative estimate of drug-likeness (QED) is 0.861. The minimum Gasteiger partial charge on any atom is -0.496 e. The van der Waals surface area contributed by atoms with Gasteiger partial charge < -0.3 is 9.84 Å². The molecule has 2 nitrogen and oxygen atoms in total. The Labute approximate surface area is 102 Å². The Hall–Kier alpha value is -0.190. The minimum atomic E-state index is -0.401. The van der Waals surface area contributed by atoms with E-state index >= 15 is 0 Å². The molecule has 1 aliphatic heterocycles. The summed E-state index contributed by atoms with van der Waals surface area (Å²) in [6.45, 7) is 0. The molecule has 1 heterocycles. The molecule has 0 fully saturated rings. The third-order valence-electron chi connectivity index (χ3n) is 2.60. The number of aliphatic hydroxyl groups is 1. The smallest absolute Gasteiger partial charge is 0.125 e. The fraction of sp³-hybridized carbons (Fsp3) is 0.455. The first-order valence-electron chi connectivity index (χ1n) is 4.85. The van der Waals surface area contributed by atoms with Gasteiger partial charge >= 0.3 is 0 Å². The summed E-state index contributed by atoms with van der Waals surface area (Å²) in [7, 11) is 1.65. The van der Waals surface area contributed by atoms with Crippen LogP contribution >= 0.6 is 27.7 Å². The van der Waals surface area contributed by atoms with Gasteiger partial charge in [0.05, 0.1) is 13.2 Å². The summed E-state index contributed by atoms with van der Waals surface area (Å²) in [6, 6.07) is 3.89. The molecule has 4 heteroatoms. The van der Waals surface area contributed by atoms with Crippen LogP contribution in [-0.2, 0) is 5.75 Å². The topological polar surface area (TPSA) is 29.5 Å². The lowest BCUT2D eigenvalue weighted by molar-refractivity contribution is 0.170. The first kappa shape index (κ1) is 11.3. The van der Waals surface area contributed by atoms with E-state index in [-0.39, 0.29) is 0 Å². The van der Waals surface area contributed by atoms with Gasteiger partial charge in [0.15, 0.2) is 0 Å². The third-order valence-corrected chi connectivity index (χ3v) is 4.36. The fourth-order valence-corrected chi connectivity index (χ4v) is 3.54. The van der Waals surface area contributed by atoms with Crippen LogP contribution in [0, 0.1) is 0 Å². The maximum atomic E-state index is 10.1. The molecular weight excluding hydrogens is 276 g/mol. The number of hydrogen-bond acceptors (Lipinski definition) is 3. The fourth-order valence-electron chi connectivity index (χ4n) is 1.82.